The van der Waals surface area contributed by atoms with Gasteiger partial charge in [-0.1, -0.05) is 6.92 Å². The molecule has 1 aliphatic carbocycles. The fourth-order valence-electron chi connectivity index (χ4n) is 5.57. The largest absolute Gasteiger partial charge is 0.395 e. The smallest absolute Gasteiger partial charge is 0.254 e. The highest BCUT2D eigenvalue weighted by Crippen LogP contribution is 2.34. The lowest BCUT2D eigenvalue weighted by Gasteiger charge is -2.49. The summed E-state index contributed by atoms with van der Waals surface area (Å²) in [5, 5.41) is 61.1. The molecular formula is C25H47N5O10. The van der Waals surface area contributed by atoms with Crippen LogP contribution in [0.1, 0.15) is 33.1 Å². The number of nitrogens with one attached hydrogen (secondary N) is 3. The summed E-state index contributed by atoms with van der Waals surface area (Å²) >= 11 is 0. The van der Waals surface area contributed by atoms with Crippen LogP contribution in [0.2, 0.25) is 0 Å². The molecule has 3 aliphatic heterocycles. The maximum atomic E-state index is 12.9. The van der Waals surface area contributed by atoms with Gasteiger partial charge >= 0.3 is 0 Å². The molecule has 12 atom stereocenters. The van der Waals surface area contributed by atoms with E-state index in [9.17, 15) is 25.2 Å². The number of ether oxygens (including phenoxy) is 4. The topological polar surface area (TPSA) is 243 Å². The molecule has 1 amide bonds. The fourth-order valence-corrected chi connectivity index (χ4v) is 5.57. The Morgan fingerprint density at radius 1 is 1.07 bits per heavy atom. The predicted octanol–water partition coefficient (Wildman–Crippen LogP) is -4.81. The Labute approximate surface area is 233 Å². The Balaban J connectivity index is 1.49. The molecular weight excluding hydrogens is 530 g/mol. The Morgan fingerprint density at radius 2 is 1.77 bits per heavy atom. The highest BCUT2D eigenvalue weighted by Gasteiger charge is 2.52. The first kappa shape index (κ1) is 31.9. The summed E-state index contributed by atoms with van der Waals surface area (Å²) < 4.78 is 23.9. The van der Waals surface area contributed by atoms with Crippen molar-refractivity contribution in [2.75, 3.05) is 39.4 Å². The van der Waals surface area contributed by atoms with Crippen LogP contribution in [0.25, 0.3) is 0 Å². The predicted molar refractivity (Wildman–Crippen MR) is 139 cm³/mol. The van der Waals surface area contributed by atoms with Crippen molar-refractivity contribution in [3.63, 3.8) is 0 Å². The van der Waals surface area contributed by atoms with Crippen LogP contribution in [-0.4, -0.2) is 143 Å². The normalized spacial score (nSPS) is 45.5. The van der Waals surface area contributed by atoms with Crippen LogP contribution in [-0.2, 0) is 23.7 Å². The molecule has 232 valence electrons. The van der Waals surface area contributed by atoms with Crippen molar-refractivity contribution in [3.8, 4) is 0 Å². The first-order valence-corrected chi connectivity index (χ1v) is 14.1. The maximum absolute atomic E-state index is 12.9. The van der Waals surface area contributed by atoms with Gasteiger partial charge in [0.1, 0.15) is 24.4 Å². The number of hydrogen-bond acceptors (Lipinski definition) is 14. The summed E-state index contributed by atoms with van der Waals surface area (Å²) in [7, 11) is 0. The van der Waals surface area contributed by atoms with Crippen LogP contribution in [0, 0.1) is 5.92 Å². The zero-order valence-corrected chi connectivity index (χ0v) is 23.1. The van der Waals surface area contributed by atoms with Crippen molar-refractivity contribution >= 4 is 5.91 Å². The number of aliphatic hydroxyl groups is 5. The molecule has 0 aromatic rings. The lowest BCUT2D eigenvalue weighted by atomic mass is 9.82. The highest BCUT2D eigenvalue weighted by atomic mass is 16.7. The molecule has 0 bridgehead atoms. The van der Waals surface area contributed by atoms with Crippen molar-refractivity contribution in [1.29, 1.82) is 0 Å². The van der Waals surface area contributed by atoms with E-state index in [1.807, 2.05) is 0 Å². The second-order valence-corrected chi connectivity index (χ2v) is 11.9. The molecule has 0 aromatic carbocycles. The Hall–Kier alpha value is -1.05. The van der Waals surface area contributed by atoms with Crippen molar-refractivity contribution in [2.24, 2.45) is 17.4 Å². The van der Waals surface area contributed by atoms with Crippen LogP contribution in [0.3, 0.4) is 0 Å². The van der Waals surface area contributed by atoms with E-state index in [2.05, 4.69) is 16.0 Å². The second kappa shape index (κ2) is 13.1. The molecule has 15 nitrogen and oxygen atoms in total. The van der Waals surface area contributed by atoms with Gasteiger partial charge in [-0.05, 0) is 26.2 Å². The van der Waals surface area contributed by atoms with Gasteiger partial charge in [-0.3, -0.25) is 4.79 Å². The van der Waals surface area contributed by atoms with Gasteiger partial charge in [0, 0.05) is 38.1 Å². The minimum Gasteiger partial charge on any atom is -0.395 e. The fraction of sp³-hybridized carbons (Fsp3) is 0.960. The van der Waals surface area contributed by atoms with E-state index >= 15 is 0 Å². The van der Waals surface area contributed by atoms with Crippen molar-refractivity contribution < 1.29 is 49.3 Å². The Kier molecular flexibility index (Phi) is 10.4. The number of carbonyl (C=O) groups excluding carboxylic acids is 1. The molecule has 3 saturated heterocycles. The van der Waals surface area contributed by atoms with Crippen molar-refractivity contribution in [2.45, 2.75) is 106 Å². The first-order valence-electron chi connectivity index (χ1n) is 14.1. The first-order chi connectivity index (χ1) is 18.9. The SMILES string of the molecule is C[C@@H]1C(O)[C@@H](OC2C(O)C(O[C@H]3O[C@H](CNCCO)CCC3N)[C@@H](N)C[C@H]2NC(=O)C2(O)CNC2)OCC1(C)O. The van der Waals surface area contributed by atoms with Gasteiger partial charge in [0.2, 0.25) is 0 Å². The van der Waals surface area contributed by atoms with E-state index < -0.39 is 78.1 Å². The third-order valence-electron chi connectivity index (χ3n) is 8.65. The average molecular weight is 578 g/mol. The monoisotopic (exact) mass is 577 g/mol. The Morgan fingerprint density at radius 3 is 2.42 bits per heavy atom. The zero-order valence-electron chi connectivity index (χ0n) is 23.1. The molecule has 0 radical (unpaired) electrons. The summed E-state index contributed by atoms with van der Waals surface area (Å²) in [5.41, 5.74) is 9.85. The van der Waals surface area contributed by atoms with Crippen molar-refractivity contribution in [1.82, 2.24) is 16.0 Å². The number of amides is 1. The van der Waals surface area contributed by atoms with Crippen LogP contribution in [0.15, 0.2) is 0 Å². The van der Waals surface area contributed by atoms with Crippen LogP contribution in [0.5, 0.6) is 0 Å². The molecule has 1 saturated carbocycles. The molecule has 4 aliphatic rings. The second-order valence-electron chi connectivity index (χ2n) is 11.9. The van der Waals surface area contributed by atoms with Gasteiger partial charge in [0.25, 0.3) is 5.91 Å². The third kappa shape index (κ3) is 6.94. The average Bonchev–Trinajstić information content (AvgIpc) is 2.89. The number of β-amino-alcohol motifs (C(OH)–C–C–N with tert-alkyl or cyclic N) is 1. The summed E-state index contributed by atoms with van der Waals surface area (Å²) in [6, 6.07) is -2.10. The van der Waals surface area contributed by atoms with Gasteiger partial charge in [-0.15, -0.1) is 0 Å². The van der Waals surface area contributed by atoms with Gasteiger partial charge in [0.05, 0.1) is 37.0 Å². The molecule has 40 heavy (non-hydrogen) atoms. The van der Waals surface area contributed by atoms with Crippen LogP contribution >= 0.6 is 0 Å². The lowest BCUT2D eigenvalue weighted by Crippen LogP contribution is -2.72. The summed E-state index contributed by atoms with van der Waals surface area (Å²) in [6.45, 7) is 4.17. The quantitative estimate of drug-likeness (QED) is 0.110. The van der Waals surface area contributed by atoms with Gasteiger partial charge in [-0.2, -0.15) is 0 Å². The number of nitrogens with two attached hydrogens (primary N) is 2. The van der Waals surface area contributed by atoms with Gasteiger partial charge in [-0.25, -0.2) is 0 Å². The molecule has 0 spiro atoms. The van der Waals surface area contributed by atoms with E-state index in [1.54, 1.807) is 13.8 Å². The molecule has 3 heterocycles. The van der Waals surface area contributed by atoms with E-state index in [-0.39, 0.29) is 38.8 Å². The maximum Gasteiger partial charge on any atom is 0.254 e. The number of carbonyl (C=O) groups is 1. The zero-order chi connectivity index (χ0) is 29.2. The van der Waals surface area contributed by atoms with E-state index in [0.29, 0.717) is 25.9 Å². The number of rotatable bonds is 10. The number of aliphatic hydroxyl groups excluding tert-OH is 3. The minimum atomic E-state index is -1.59. The number of hydrogen-bond donors (Lipinski definition) is 10. The summed E-state index contributed by atoms with van der Waals surface area (Å²) in [5.74, 6) is -1.25. The van der Waals surface area contributed by atoms with Crippen molar-refractivity contribution in [3.05, 3.63) is 0 Å². The van der Waals surface area contributed by atoms with E-state index in [1.165, 1.54) is 0 Å². The third-order valence-corrected chi connectivity index (χ3v) is 8.65. The summed E-state index contributed by atoms with van der Waals surface area (Å²) in [6.07, 6.45) is -5.69. The summed E-state index contributed by atoms with van der Waals surface area (Å²) in [4.78, 5) is 12.9. The van der Waals surface area contributed by atoms with E-state index in [0.717, 1.165) is 0 Å². The molecule has 0 aromatic heterocycles. The van der Waals surface area contributed by atoms with Gasteiger partial charge < -0.3 is 71.9 Å². The van der Waals surface area contributed by atoms with E-state index in [4.69, 9.17) is 35.5 Å². The molecule has 15 heteroatoms. The Bertz CT molecular complexity index is 851. The highest BCUT2D eigenvalue weighted by molar-refractivity contribution is 5.87. The standard InChI is InChI=1S/C25H47N5O10/c1-12-17(32)22(37-11-24(12,2)35)40-20-16(30-23(34)25(36)9-29-10-25)7-15(27)19(18(20)33)39-21-14(26)4-3-13(38-21)8-28-5-6-31/h12-22,28-29,31-33,35-36H,3-11,26-27H2,1-2H3,(H,30,34)/t12-,13+,14?,15+,16-,17?,18?,19?,20?,21-,22-,24?/m1/s1. The molecule has 12 N–H and O–H groups in total. The molecule has 6 unspecified atom stereocenters. The minimum absolute atomic E-state index is 0.00197. The molecule has 4 fully saturated rings. The van der Waals surface area contributed by atoms with Crippen LogP contribution in [0.4, 0.5) is 0 Å². The lowest BCUT2D eigenvalue weighted by molar-refractivity contribution is -0.314. The van der Waals surface area contributed by atoms with Crippen LogP contribution < -0.4 is 27.4 Å². The molecule has 4 rings (SSSR count). The van der Waals surface area contributed by atoms with Gasteiger partial charge in [0.15, 0.2) is 18.2 Å².